The van der Waals surface area contributed by atoms with E-state index in [2.05, 4.69) is 4.90 Å². The Kier molecular flexibility index (Phi) is 4.11. The van der Waals surface area contributed by atoms with E-state index >= 15 is 0 Å². The van der Waals surface area contributed by atoms with E-state index in [1.54, 1.807) is 0 Å². The molecule has 1 saturated heterocycles. The van der Waals surface area contributed by atoms with Crippen molar-refractivity contribution in [1.29, 1.82) is 0 Å². The van der Waals surface area contributed by atoms with Crippen molar-refractivity contribution in [2.75, 3.05) is 33.2 Å². The van der Waals surface area contributed by atoms with Gasteiger partial charge in [0.05, 0.1) is 0 Å². The molecule has 1 unspecified atom stereocenters. The number of likely N-dealkylation sites (N-methyl/N-ethyl adjacent to an activating group) is 1. The first-order chi connectivity index (χ1) is 8.97. The molecule has 1 amide bonds. The molecule has 0 saturated carbocycles. The third-order valence-corrected chi connectivity index (χ3v) is 3.25. The van der Waals surface area contributed by atoms with Crippen molar-refractivity contribution in [2.24, 2.45) is 0 Å². The van der Waals surface area contributed by atoms with Gasteiger partial charge in [0.2, 0.25) is 0 Å². The number of aliphatic hydroxyl groups is 1. The van der Waals surface area contributed by atoms with Gasteiger partial charge in [-0.25, -0.2) is 8.78 Å². The number of rotatable bonds is 2. The van der Waals surface area contributed by atoms with Crippen molar-refractivity contribution in [3.8, 4) is 0 Å². The monoisotopic (exact) mass is 270 g/mol. The summed E-state index contributed by atoms with van der Waals surface area (Å²) >= 11 is 0. The Hall–Kier alpha value is -1.53. The highest BCUT2D eigenvalue weighted by Crippen LogP contribution is 2.19. The van der Waals surface area contributed by atoms with Crippen LogP contribution in [0.2, 0.25) is 0 Å². The summed E-state index contributed by atoms with van der Waals surface area (Å²) in [6.45, 7) is 2.44. The number of halogens is 2. The number of nitrogens with zero attached hydrogens (tertiary/aromatic N) is 2. The Morgan fingerprint density at radius 2 is 1.68 bits per heavy atom. The zero-order chi connectivity index (χ0) is 14.0. The van der Waals surface area contributed by atoms with Gasteiger partial charge < -0.3 is 14.9 Å². The number of benzene rings is 1. The van der Waals surface area contributed by atoms with Crippen LogP contribution in [-0.2, 0) is 4.79 Å². The van der Waals surface area contributed by atoms with Gasteiger partial charge in [-0.05, 0) is 24.7 Å². The van der Waals surface area contributed by atoms with Gasteiger partial charge >= 0.3 is 0 Å². The molecule has 1 heterocycles. The van der Waals surface area contributed by atoms with Crippen molar-refractivity contribution in [3.05, 3.63) is 35.4 Å². The van der Waals surface area contributed by atoms with Crippen molar-refractivity contribution in [3.63, 3.8) is 0 Å². The Balaban J connectivity index is 2.10. The largest absolute Gasteiger partial charge is 0.378 e. The molecule has 0 bridgehead atoms. The number of carbonyl (C=O) groups excluding carboxylic acids is 1. The Labute approximate surface area is 110 Å². The third kappa shape index (κ3) is 3.27. The van der Waals surface area contributed by atoms with E-state index < -0.39 is 23.6 Å². The van der Waals surface area contributed by atoms with Crippen molar-refractivity contribution >= 4 is 5.91 Å². The minimum Gasteiger partial charge on any atom is -0.378 e. The smallest absolute Gasteiger partial charge is 0.256 e. The van der Waals surface area contributed by atoms with Gasteiger partial charge in [-0.3, -0.25) is 4.79 Å². The predicted molar refractivity (Wildman–Crippen MR) is 65.4 cm³/mol. The van der Waals surface area contributed by atoms with Gasteiger partial charge in [0.15, 0.2) is 6.10 Å². The molecule has 0 radical (unpaired) electrons. The van der Waals surface area contributed by atoms with Crippen LogP contribution >= 0.6 is 0 Å². The van der Waals surface area contributed by atoms with Crippen molar-refractivity contribution in [2.45, 2.75) is 6.10 Å². The zero-order valence-corrected chi connectivity index (χ0v) is 10.6. The van der Waals surface area contributed by atoms with Crippen molar-refractivity contribution in [1.82, 2.24) is 9.80 Å². The van der Waals surface area contributed by atoms with Crippen LogP contribution in [0.3, 0.4) is 0 Å². The molecular weight excluding hydrogens is 254 g/mol. The van der Waals surface area contributed by atoms with E-state index in [4.69, 9.17) is 0 Å². The van der Waals surface area contributed by atoms with E-state index in [9.17, 15) is 18.7 Å². The summed E-state index contributed by atoms with van der Waals surface area (Å²) in [4.78, 5) is 15.6. The highest BCUT2D eigenvalue weighted by Gasteiger charge is 2.26. The fraction of sp³-hybridized carbons (Fsp3) is 0.462. The standard InChI is InChI=1S/C13H16F2N2O2/c1-16-2-4-17(5-3-16)13(19)12(18)9-6-10(14)8-11(15)7-9/h6-8,12,18H,2-5H2,1H3. The van der Waals surface area contributed by atoms with Crippen LogP contribution in [0.4, 0.5) is 8.78 Å². The molecule has 1 aliphatic heterocycles. The maximum absolute atomic E-state index is 13.1. The second-order valence-electron chi connectivity index (χ2n) is 4.73. The molecule has 4 nitrogen and oxygen atoms in total. The second kappa shape index (κ2) is 5.63. The lowest BCUT2D eigenvalue weighted by Crippen LogP contribution is -2.48. The van der Waals surface area contributed by atoms with E-state index in [-0.39, 0.29) is 5.56 Å². The van der Waals surface area contributed by atoms with Crippen LogP contribution < -0.4 is 0 Å². The van der Waals surface area contributed by atoms with Gasteiger partial charge in [0, 0.05) is 32.2 Å². The van der Waals surface area contributed by atoms with Gasteiger partial charge in [-0.2, -0.15) is 0 Å². The first kappa shape index (κ1) is 13.9. The summed E-state index contributed by atoms with van der Waals surface area (Å²) in [6, 6.07) is 2.65. The molecule has 0 aliphatic carbocycles. The quantitative estimate of drug-likeness (QED) is 0.863. The maximum atomic E-state index is 13.1. The van der Waals surface area contributed by atoms with Gasteiger partial charge in [0.1, 0.15) is 11.6 Å². The van der Waals surface area contributed by atoms with Gasteiger partial charge in [-0.1, -0.05) is 0 Å². The summed E-state index contributed by atoms with van der Waals surface area (Å²) in [5.74, 6) is -2.13. The predicted octanol–water partition coefficient (Wildman–Crippen LogP) is 0.772. The lowest BCUT2D eigenvalue weighted by Gasteiger charge is -2.33. The Morgan fingerprint density at radius 1 is 1.16 bits per heavy atom. The van der Waals surface area contributed by atoms with Crippen LogP contribution in [0.5, 0.6) is 0 Å². The van der Waals surface area contributed by atoms with Crippen LogP contribution in [0.1, 0.15) is 11.7 Å². The highest BCUT2D eigenvalue weighted by atomic mass is 19.1. The average Bonchev–Trinajstić information content (AvgIpc) is 2.37. The van der Waals surface area contributed by atoms with Crippen LogP contribution in [0, 0.1) is 11.6 Å². The first-order valence-electron chi connectivity index (χ1n) is 6.09. The Morgan fingerprint density at radius 3 is 2.21 bits per heavy atom. The van der Waals surface area contributed by atoms with Crippen LogP contribution in [0.15, 0.2) is 18.2 Å². The zero-order valence-electron chi connectivity index (χ0n) is 10.6. The average molecular weight is 270 g/mol. The Bertz CT molecular complexity index is 453. The number of amides is 1. The van der Waals surface area contributed by atoms with Crippen molar-refractivity contribution < 1.29 is 18.7 Å². The normalized spacial score (nSPS) is 18.4. The molecule has 1 N–H and O–H groups in total. The van der Waals surface area contributed by atoms with E-state index in [0.717, 1.165) is 25.2 Å². The first-order valence-corrected chi connectivity index (χ1v) is 6.09. The topological polar surface area (TPSA) is 43.8 Å². The number of aliphatic hydroxyl groups excluding tert-OH is 1. The molecule has 0 spiro atoms. The molecule has 19 heavy (non-hydrogen) atoms. The summed E-state index contributed by atoms with van der Waals surface area (Å²) < 4.78 is 26.1. The lowest BCUT2D eigenvalue weighted by atomic mass is 10.1. The number of piperazine rings is 1. The second-order valence-corrected chi connectivity index (χ2v) is 4.73. The minimum absolute atomic E-state index is 0.0542. The third-order valence-electron chi connectivity index (χ3n) is 3.25. The molecule has 1 atom stereocenters. The summed E-state index contributed by atoms with van der Waals surface area (Å²) in [6.07, 6.45) is -1.52. The summed E-state index contributed by atoms with van der Waals surface area (Å²) in [7, 11) is 1.94. The van der Waals surface area contributed by atoms with Crippen LogP contribution in [0.25, 0.3) is 0 Å². The molecule has 1 aromatic carbocycles. The van der Waals surface area contributed by atoms with E-state index in [1.165, 1.54) is 4.90 Å². The lowest BCUT2D eigenvalue weighted by molar-refractivity contribution is -0.142. The van der Waals surface area contributed by atoms with Gasteiger partial charge in [0.25, 0.3) is 5.91 Å². The molecule has 1 aliphatic rings. The fourth-order valence-corrected chi connectivity index (χ4v) is 2.08. The molecule has 6 heteroatoms. The van der Waals surface area contributed by atoms with E-state index in [1.807, 2.05) is 7.05 Å². The minimum atomic E-state index is -1.52. The highest BCUT2D eigenvalue weighted by molar-refractivity contribution is 5.82. The molecule has 104 valence electrons. The fourth-order valence-electron chi connectivity index (χ4n) is 2.08. The molecule has 1 aromatic rings. The van der Waals surface area contributed by atoms with Gasteiger partial charge in [-0.15, -0.1) is 0 Å². The number of hydrogen-bond acceptors (Lipinski definition) is 3. The van der Waals surface area contributed by atoms with Crippen LogP contribution in [-0.4, -0.2) is 54.0 Å². The summed E-state index contributed by atoms with van der Waals surface area (Å²) in [5, 5.41) is 9.92. The maximum Gasteiger partial charge on any atom is 0.256 e. The number of carbonyl (C=O) groups is 1. The molecule has 0 aromatic heterocycles. The SMILES string of the molecule is CN1CCN(C(=O)C(O)c2cc(F)cc(F)c2)CC1. The molecule has 1 fully saturated rings. The molecular formula is C13H16F2N2O2. The molecule has 2 rings (SSSR count). The number of hydrogen-bond donors (Lipinski definition) is 1. The summed E-state index contributed by atoms with van der Waals surface area (Å²) in [5.41, 5.74) is -0.0542. The van der Waals surface area contributed by atoms with E-state index in [0.29, 0.717) is 19.2 Å².